The van der Waals surface area contributed by atoms with Crippen molar-refractivity contribution in [3.8, 4) is 0 Å². The van der Waals surface area contributed by atoms with E-state index in [9.17, 15) is 19.5 Å². The predicted molar refractivity (Wildman–Crippen MR) is 193 cm³/mol. The molecule has 1 aromatic carbocycles. The maximum absolute atomic E-state index is 15.1. The molecule has 4 rings (SSSR count). The van der Waals surface area contributed by atoms with E-state index in [2.05, 4.69) is 39.2 Å². The topological polar surface area (TPSA) is 125 Å². The lowest BCUT2D eigenvalue weighted by atomic mass is 9.70. The summed E-state index contributed by atoms with van der Waals surface area (Å²) in [5.74, 6) is -3.57. The number of nitrogens with zero attached hydrogens (tertiary/aromatic N) is 2. The third kappa shape index (κ3) is 7.71. The van der Waals surface area contributed by atoms with E-state index in [0.717, 1.165) is 0 Å². The Balaban J connectivity index is 1.75. The number of carbonyl (C=O) groups is 4. The van der Waals surface area contributed by atoms with E-state index in [0.29, 0.717) is 31.2 Å². The first kappa shape index (κ1) is 39.3. The lowest BCUT2D eigenvalue weighted by molar-refractivity contribution is -0.163. The van der Waals surface area contributed by atoms with Crippen LogP contribution in [0.4, 0.5) is 0 Å². The first-order valence-electron chi connectivity index (χ1n) is 18.1. The molecule has 0 saturated carbocycles. The fourth-order valence-corrected chi connectivity index (χ4v) is 8.86. The number of hydrogen-bond acceptors (Lipinski definition) is 7. The number of aliphatic hydroxyl groups excluding tert-OH is 1. The summed E-state index contributed by atoms with van der Waals surface area (Å²) in [6.07, 6.45) is 4.26. The Labute approximate surface area is 298 Å². The summed E-state index contributed by atoms with van der Waals surface area (Å²) in [4.78, 5) is 60.2. The van der Waals surface area contributed by atoms with Crippen molar-refractivity contribution in [1.82, 2.24) is 15.1 Å². The summed E-state index contributed by atoms with van der Waals surface area (Å²) in [5.41, 5.74) is -1.28. The number of likely N-dealkylation sites (tertiary alicyclic amines) is 1. The minimum Gasteiger partial charge on any atom is -0.455 e. The fourth-order valence-electron chi connectivity index (χ4n) is 8.86. The van der Waals surface area contributed by atoms with Crippen LogP contribution in [-0.2, 0) is 28.7 Å². The average molecular weight is 694 g/mol. The van der Waals surface area contributed by atoms with Crippen molar-refractivity contribution in [3.05, 3.63) is 61.2 Å². The molecule has 276 valence electrons. The van der Waals surface area contributed by atoms with Gasteiger partial charge in [0.05, 0.1) is 36.6 Å². The Hall–Kier alpha value is -3.50. The molecule has 3 heterocycles. The standard InChI is InChI=1S/C40H59N3O7/c1-11-13-19-30(45)41-26(5)33(27-17-15-14-16-18-27)49-37(48)31-29-20-21-40(50-29)32(31)35(46)43(28(23-44)25(3)4)34(40)36(47)42(22-12-2)39(9,10)24-38(6,7)8/h11-12,14-18,25-26,28-29,31-34,44H,1-2,13,19-24H2,3-10H3,(H,41,45)/t26-,28+,29-,31+,32+,33-,34-,40+/m1/s1. The van der Waals surface area contributed by atoms with Gasteiger partial charge in [-0.05, 0) is 63.4 Å². The Morgan fingerprint density at radius 3 is 2.34 bits per heavy atom. The first-order valence-corrected chi connectivity index (χ1v) is 18.1. The summed E-state index contributed by atoms with van der Waals surface area (Å²) >= 11 is 0. The minimum absolute atomic E-state index is 0.102. The Morgan fingerprint density at radius 1 is 1.12 bits per heavy atom. The highest BCUT2D eigenvalue weighted by atomic mass is 16.6. The van der Waals surface area contributed by atoms with Gasteiger partial charge in [-0.15, -0.1) is 13.2 Å². The molecule has 3 saturated heterocycles. The summed E-state index contributed by atoms with van der Waals surface area (Å²) in [5, 5.41) is 13.6. The molecular weight excluding hydrogens is 634 g/mol. The number of benzene rings is 1. The van der Waals surface area contributed by atoms with Crippen molar-refractivity contribution in [2.24, 2.45) is 23.2 Å². The maximum Gasteiger partial charge on any atom is 0.313 e. The molecule has 0 unspecified atom stereocenters. The summed E-state index contributed by atoms with van der Waals surface area (Å²) in [6, 6.07) is 6.91. The van der Waals surface area contributed by atoms with Crippen molar-refractivity contribution in [3.63, 3.8) is 0 Å². The highest BCUT2D eigenvalue weighted by Crippen LogP contribution is 2.60. The van der Waals surface area contributed by atoms with Crippen molar-refractivity contribution >= 4 is 23.7 Å². The Bertz CT molecular complexity index is 1420. The Morgan fingerprint density at radius 2 is 1.78 bits per heavy atom. The molecular formula is C40H59N3O7. The van der Waals surface area contributed by atoms with Gasteiger partial charge in [0.2, 0.25) is 17.7 Å². The number of esters is 1. The second-order valence-corrected chi connectivity index (χ2v) is 16.5. The van der Waals surface area contributed by atoms with Gasteiger partial charge in [-0.25, -0.2) is 0 Å². The zero-order chi connectivity index (χ0) is 37.2. The molecule has 3 amide bonds. The van der Waals surface area contributed by atoms with Crippen molar-refractivity contribution in [2.45, 2.75) is 129 Å². The monoisotopic (exact) mass is 693 g/mol. The first-order chi connectivity index (χ1) is 23.4. The lowest BCUT2D eigenvalue weighted by Gasteiger charge is -2.46. The van der Waals surface area contributed by atoms with Crippen molar-refractivity contribution in [2.75, 3.05) is 13.2 Å². The highest BCUT2D eigenvalue weighted by molar-refractivity contribution is 5.98. The van der Waals surface area contributed by atoms with Gasteiger partial charge in [0, 0.05) is 18.5 Å². The molecule has 3 fully saturated rings. The summed E-state index contributed by atoms with van der Waals surface area (Å²) in [7, 11) is 0. The summed E-state index contributed by atoms with van der Waals surface area (Å²) < 4.78 is 13.0. The van der Waals surface area contributed by atoms with Crippen LogP contribution >= 0.6 is 0 Å². The molecule has 0 aliphatic carbocycles. The van der Waals surface area contributed by atoms with Crippen LogP contribution in [0.25, 0.3) is 0 Å². The van der Waals surface area contributed by atoms with Gasteiger partial charge in [0.15, 0.2) is 0 Å². The second kappa shape index (κ2) is 15.4. The molecule has 10 nitrogen and oxygen atoms in total. The van der Waals surface area contributed by atoms with E-state index in [1.165, 1.54) is 4.90 Å². The fraction of sp³-hybridized carbons (Fsp3) is 0.650. The van der Waals surface area contributed by atoms with Crippen LogP contribution in [0.5, 0.6) is 0 Å². The quantitative estimate of drug-likeness (QED) is 0.176. The smallest absolute Gasteiger partial charge is 0.313 e. The molecule has 2 bridgehead atoms. The van der Waals surface area contributed by atoms with Crippen LogP contribution < -0.4 is 5.32 Å². The number of rotatable bonds is 16. The molecule has 1 aromatic rings. The number of ether oxygens (including phenoxy) is 2. The normalized spacial score (nSPS) is 26.3. The number of carbonyl (C=O) groups excluding carboxylic acids is 4. The molecule has 8 atom stereocenters. The third-order valence-electron chi connectivity index (χ3n) is 10.6. The largest absolute Gasteiger partial charge is 0.455 e. The highest BCUT2D eigenvalue weighted by Gasteiger charge is 2.76. The average Bonchev–Trinajstić information content (AvgIpc) is 3.68. The van der Waals surface area contributed by atoms with Gasteiger partial charge in [0.1, 0.15) is 17.7 Å². The SMILES string of the molecule is C=CCCC(=O)N[C@H](C)[C@@H](OC(=O)[C@@H]1[C@H]2C(=O)N([C@@H](CO)C(C)C)[C@H](C(=O)N(CC=C)C(C)(C)CC(C)(C)C)[C@]23CC[C@H]1O3)c1ccccc1. The van der Waals surface area contributed by atoms with Crippen molar-refractivity contribution < 1.29 is 33.8 Å². The molecule has 10 heteroatoms. The molecule has 3 aliphatic rings. The molecule has 50 heavy (non-hydrogen) atoms. The zero-order valence-corrected chi connectivity index (χ0v) is 31.3. The van der Waals surface area contributed by atoms with E-state index in [1.807, 2.05) is 58.0 Å². The molecule has 1 spiro atoms. The molecule has 2 N–H and O–H groups in total. The molecule has 0 aromatic heterocycles. The minimum atomic E-state index is -1.27. The molecule has 3 aliphatic heterocycles. The van der Waals surface area contributed by atoms with Crippen LogP contribution in [0, 0.1) is 23.2 Å². The van der Waals surface area contributed by atoms with Crippen LogP contribution in [0.3, 0.4) is 0 Å². The van der Waals surface area contributed by atoms with Crippen LogP contribution in [0.15, 0.2) is 55.6 Å². The molecule has 0 radical (unpaired) electrons. The zero-order valence-electron chi connectivity index (χ0n) is 31.3. The van der Waals surface area contributed by atoms with Crippen LogP contribution in [-0.4, -0.2) is 87.1 Å². The van der Waals surface area contributed by atoms with Crippen LogP contribution in [0.1, 0.15) is 99.2 Å². The van der Waals surface area contributed by atoms with E-state index in [4.69, 9.17) is 9.47 Å². The van der Waals surface area contributed by atoms with Gasteiger partial charge in [0.25, 0.3) is 0 Å². The Kier molecular flexibility index (Phi) is 12.1. The number of nitrogens with one attached hydrogen (secondary N) is 1. The van der Waals surface area contributed by atoms with Crippen LogP contribution in [0.2, 0.25) is 0 Å². The van der Waals surface area contributed by atoms with E-state index < -0.39 is 59.3 Å². The van der Waals surface area contributed by atoms with Gasteiger partial charge in [-0.3, -0.25) is 19.2 Å². The van der Waals surface area contributed by atoms with E-state index in [-0.39, 0.29) is 48.6 Å². The number of hydrogen-bond donors (Lipinski definition) is 2. The van der Waals surface area contributed by atoms with Crippen molar-refractivity contribution in [1.29, 1.82) is 0 Å². The van der Waals surface area contributed by atoms with E-state index in [1.54, 1.807) is 24.0 Å². The lowest BCUT2D eigenvalue weighted by Crippen LogP contribution is -2.63. The van der Waals surface area contributed by atoms with Gasteiger partial charge >= 0.3 is 5.97 Å². The maximum atomic E-state index is 15.1. The number of aliphatic hydroxyl groups is 1. The number of fused-ring (bicyclic) bond motifs is 1. The summed E-state index contributed by atoms with van der Waals surface area (Å²) in [6.45, 7) is 23.6. The van der Waals surface area contributed by atoms with Gasteiger partial charge < -0.3 is 29.7 Å². The number of allylic oxidation sites excluding steroid dienone is 1. The van der Waals surface area contributed by atoms with E-state index >= 15 is 4.79 Å². The van der Waals surface area contributed by atoms with Gasteiger partial charge in [-0.2, -0.15) is 0 Å². The second-order valence-electron chi connectivity index (χ2n) is 16.5. The predicted octanol–water partition coefficient (Wildman–Crippen LogP) is 5.36. The van der Waals surface area contributed by atoms with Gasteiger partial charge in [-0.1, -0.05) is 77.1 Å². The number of amides is 3. The third-order valence-corrected chi connectivity index (χ3v) is 10.6.